The Labute approximate surface area is 124 Å². The molecule has 0 fully saturated rings. The molecule has 0 spiro atoms. The van der Waals surface area contributed by atoms with E-state index in [4.69, 9.17) is 11.6 Å². The molecular weight excluding hydrogens is 287 g/mol. The van der Waals surface area contributed by atoms with Crippen molar-refractivity contribution in [1.29, 1.82) is 0 Å². The lowest BCUT2D eigenvalue weighted by Crippen LogP contribution is -2.32. The summed E-state index contributed by atoms with van der Waals surface area (Å²) in [6, 6.07) is 2.47. The van der Waals surface area contributed by atoms with E-state index >= 15 is 0 Å². The van der Waals surface area contributed by atoms with E-state index in [1.807, 2.05) is 13.8 Å². The topological polar surface area (TPSA) is 12.0 Å². The van der Waals surface area contributed by atoms with Crippen LogP contribution >= 0.6 is 11.6 Å². The first-order valence-corrected chi connectivity index (χ1v) is 7.23. The van der Waals surface area contributed by atoms with Crippen LogP contribution in [0.1, 0.15) is 37.8 Å². The summed E-state index contributed by atoms with van der Waals surface area (Å²) in [5.74, 6) is -0.416. The molecule has 0 bridgehead atoms. The Morgan fingerprint density at radius 2 is 1.85 bits per heavy atom. The fraction of sp³-hybridized carbons (Fsp3) is 0.600. The van der Waals surface area contributed by atoms with Gasteiger partial charge in [0, 0.05) is 0 Å². The smallest absolute Gasteiger partial charge is 0.253 e. The fourth-order valence-corrected chi connectivity index (χ4v) is 2.15. The second-order valence-electron chi connectivity index (χ2n) is 4.33. The minimum absolute atomic E-state index is 0.0871. The number of hydrogen-bond acceptors (Lipinski definition) is 1. The maximum atomic E-state index is 13.3. The predicted octanol–water partition coefficient (Wildman–Crippen LogP) is 4.99. The summed E-state index contributed by atoms with van der Waals surface area (Å²) in [5, 5.41) is 2.67. The average Bonchev–Trinajstić information content (AvgIpc) is 2.42. The van der Waals surface area contributed by atoms with E-state index in [0.717, 1.165) is 5.56 Å². The number of aryl methyl sites for hydroxylation is 2. The van der Waals surface area contributed by atoms with Gasteiger partial charge in [0.15, 0.2) is 0 Å². The fourth-order valence-electron chi connectivity index (χ4n) is 1.86. The van der Waals surface area contributed by atoms with Crippen LogP contribution in [0.3, 0.4) is 0 Å². The molecule has 20 heavy (non-hydrogen) atoms. The molecule has 1 atom stereocenters. The third kappa shape index (κ3) is 6.14. The van der Waals surface area contributed by atoms with Gasteiger partial charge in [-0.05, 0) is 50.4 Å². The van der Waals surface area contributed by atoms with Crippen molar-refractivity contribution in [2.24, 2.45) is 0 Å². The first-order chi connectivity index (χ1) is 9.45. The minimum atomic E-state index is -2.37. The van der Waals surface area contributed by atoms with E-state index in [9.17, 15) is 13.2 Å². The van der Waals surface area contributed by atoms with Crippen LogP contribution in [-0.2, 0) is 6.42 Å². The Bertz CT molecular complexity index is 374. The highest BCUT2D eigenvalue weighted by molar-refractivity contribution is 6.30. The van der Waals surface area contributed by atoms with Gasteiger partial charge in [-0.2, -0.15) is 0 Å². The average molecular weight is 310 g/mol. The zero-order valence-electron chi connectivity index (χ0n) is 12.4. The molecular formula is C15H23ClF3N. The molecule has 1 aromatic rings. The van der Waals surface area contributed by atoms with Crippen molar-refractivity contribution in [3.05, 3.63) is 34.1 Å². The van der Waals surface area contributed by atoms with Crippen molar-refractivity contribution in [2.75, 3.05) is 7.05 Å². The van der Waals surface area contributed by atoms with Crippen LogP contribution in [0.25, 0.3) is 0 Å². The molecule has 0 aliphatic heterocycles. The van der Waals surface area contributed by atoms with Crippen molar-refractivity contribution in [3.63, 3.8) is 0 Å². The van der Waals surface area contributed by atoms with Crippen LogP contribution in [-0.4, -0.2) is 19.5 Å². The normalized spacial score (nSPS) is 12.1. The van der Waals surface area contributed by atoms with Crippen LogP contribution in [0.2, 0.25) is 5.02 Å². The van der Waals surface area contributed by atoms with Crippen LogP contribution in [0, 0.1) is 12.7 Å². The van der Waals surface area contributed by atoms with E-state index < -0.39 is 18.3 Å². The monoisotopic (exact) mass is 309 g/mol. The van der Waals surface area contributed by atoms with Crippen LogP contribution < -0.4 is 5.32 Å². The van der Waals surface area contributed by atoms with Crippen molar-refractivity contribution in [3.8, 4) is 0 Å². The lowest BCUT2D eigenvalue weighted by atomic mass is 10.0. The summed E-state index contributed by atoms with van der Waals surface area (Å²) in [4.78, 5) is 0. The number of halogens is 4. The Morgan fingerprint density at radius 1 is 1.25 bits per heavy atom. The number of rotatable bonds is 6. The van der Waals surface area contributed by atoms with Crippen molar-refractivity contribution in [2.45, 2.75) is 52.5 Å². The van der Waals surface area contributed by atoms with E-state index in [1.165, 1.54) is 7.05 Å². The number of alkyl halides is 2. The second-order valence-corrected chi connectivity index (χ2v) is 4.74. The van der Waals surface area contributed by atoms with Gasteiger partial charge in [0.1, 0.15) is 5.82 Å². The molecule has 0 saturated heterocycles. The number of hydrogen-bond donors (Lipinski definition) is 1. The van der Waals surface area contributed by atoms with Gasteiger partial charge in [0.25, 0.3) is 6.43 Å². The first-order valence-electron chi connectivity index (χ1n) is 6.85. The van der Waals surface area contributed by atoms with Gasteiger partial charge in [-0.3, -0.25) is 0 Å². The predicted molar refractivity (Wildman–Crippen MR) is 79.3 cm³/mol. The standard InChI is InChI=1S/C13H17ClF3N.C2H6/c1-8-6-9(7-10(14)12(8)15)4-3-5-11(18-2)13(16)17;1-2/h6-7,11,13,18H,3-5H2,1-2H3;1-2H3. The number of nitrogens with one attached hydrogen (secondary N) is 1. The molecule has 0 aliphatic rings. The summed E-state index contributed by atoms with van der Waals surface area (Å²) in [5.41, 5.74) is 1.36. The highest BCUT2D eigenvalue weighted by atomic mass is 35.5. The van der Waals surface area contributed by atoms with Crippen molar-refractivity contribution in [1.82, 2.24) is 5.32 Å². The SMILES string of the molecule is CC.CNC(CCCc1cc(C)c(F)c(Cl)c1)C(F)F. The summed E-state index contributed by atoms with van der Waals surface area (Å²) in [7, 11) is 1.52. The molecule has 1 N–H and O–H groups in total. The van der Waals surface area contributed by atoms with Gasteiger partial charge in [0.2, 0.25) is 0 Å². The second kappa shape index (κ2) is 10.1. The van der Waals surface area contributed by atoms with E-state index in [0.29, 0.717) is 24.8 Å². The quantitative estimate of drug-likeness (QED) is 0.780. The molecule has 0 heterocycles. The first kappa shape index (κ1) is 19.3. The Hall–Kier alpha value is -0.740. The summed E-state index contributed by atoms with van der Waals surface area (Å²) < 4.78 is 38.2. The Morgan fingerprint density at radius 3 is 2.30 bits per heavy atom. The van der Waals surface area contributed by atoms with Gasteiger partial charge in [-0.25, -0.2) is 13.2 Å². The maximum absolute atomic E-state index is 13.3. The maximum Gasteiger partial charge on any atom is 0.253 e. The highest BCUT2D eigenvalue weighted by Crippen LogP contribution is 2.21. The molecule has 116 valence electrons. The highest BCUT2D eigenvalue weighted by Gasteiger charge is 2.17. The van der Waals surface area contributed by atoms with Gasteiger partial charge < -0.3 is 5.32 Å². The zero-order valence-corrected chi connectivity index (χ0v) is 13.2. The molecule has 5 heteroatoms. The molecule has 1 nitrogen and oxygen atoms in total. The van der Waals surface area contributed by atoms with Gasteiger partial charge >= 0.3 is 0 Å². The van der Waals surface area contributed by atoms with E-state index in [1.54, 1.807) is 19.1 Å². The summed E-state index contributed by atoms with van der Waals surface area (Å²) >= 11 is 5.73. The number of benzene rings is 1. The van der Waals surface area contributed by atoms with Gasteiger partial charge in [-0.1, -0.05) is 31.5 Å². The Kier molecular flexibility index (Phi) is 9.68. The lowest BCUT2D eigenvalue weighted by molar-refractivity contribution is 0.0970. The van der Waals surface area contributed by atoms with Gasteiger partial charge in [-0.15, -0.1) is 0 Å². The molecule has 0 radical (unpaired) electrons. The largest absolute Gasteiger partial charge is 0.312 e. The minimum Gasteiger partial charge on any atom is -0.312 e. The summed E-state index contributed by atoms with van der Waals surface area (Å²) in [6.45, 7) is 5.64. The lowest BCUT2D eigenvalue weighted by Gasteiger charge is -2.14. The zero-order chi connectivity index (χ0) is 15.7. The molecule has 0 saturated carbocycles. The third-order valence-corrected chi connectivity index (χ3v) is 3.20. The molecule has 1 aromatic carbocycles. The third-order valence-electron chi connectivity index (χ3n) is 2.93. The van der Waals surface area contributed by atoms with E-state index in [-0.39, 0.29) is 5.02 Å². The van der Waals surface area contributed by atoms with Crippen LogP contribution in [0.5, 0.6) is 0 Å². The molecule has 1 unspecified atom stereocenters. The van der Waals surface area contributed by atoms with Gasteiger partial charge in [0.05, 0.1) is 11.1 Å². The van der Waals surface area contributed by atoms with Crippen LogP contribution in [0.15, 0.2) is 12.1 Å². The molecule has 0 amide bonds. The Balaban J connectivity index is 0.00000172. The molecule has 0 aromatic heterocycles. The molecule has 1 rings (SSSR count). The molecule has 0 aliphatic carbocycles. The van der Waals surface area contributed by atoms with Crippen molar-refractivity contribution >= 4 is 11.6 Å². The van der Waals surface area contributed by atoms with Crippen LogP contribution in [0.4, 0.5) is 13.2 Å². The van der Waals surface area contributed by atoms with Crippen molar-refractivity contribution < 1.29 is 13.2 Å². The van der Waals surface area contributed by atoms with E-state index in [2.05, 4.69) is 5.32 Å². The summed E-state index contributed by atoms with van der Waals surface area (Å²) in [6.07, 6.45) is -0.765.